The van der Waals surface area contributed by atoms with Gasteiger partial charge in [-0.3, -0.25) is 0 Å². The first-order chi connectivity index (χ1) is 6.93. The van der Waals surface area contributed by atoms with E-state index in [1.165, 1.54) is 25.1 Å². The highest BCUT2D eigenvalue weighted by atomic mass is 35.5. The second-order valence-corrected chi connectivity index (χ2v) is 3.85. The van der Waals surface area contributed by atoms with Gasteiger partial charge < -0.3 is 5.11 Å². The Morgan fingerprint density at radius 1 is 1.53 bits per heavy atom. The molecule has 0 aromatic heterocycles. The minimum atomic E-state index is -2.48. The summed E-state index contributed by atoms with van der Waals surface area (Å²) in [5.74, 6) is -1.56. The predicted octanol–water partition coefficient (Wildman–Crippen LogP) is 3.65. The second kappa shape index (κ2) is 4.37. The highest BCUT2D eigenvalue weighted by molar-refractivity contribution is 6.42. The fourth-order valence-corrected chi connectivity index (χ4v) is 1.72. The first kappa shape index (κ1) is 12.3. The van der Waals surface area contributed by atoms with Gasteiger partial charge in [0.25, 0.3) is 0 Å². The molecule has 0 bridgehead atoms. The molecule has 0 spiro atoms. The number of hydrogen-bond donors (Lipinski definition) is 1. The number of carboxylic acids is 1. The minimum absolute atomic E-state index is 0.0501. The number of carbonyl (C=O) groups is 1. The van der Waals surface area contributed by atoms with E-state index in [1.54, 1.807) is 0 Å². The van der Waals surface area contributed by atoms with Crippen LogP contribution in [-0.4, -0.2) is 11.1 Å². The fraction of sp³-hybridized carbons (Fsp3) is 0.300. The zero-order chi connectivity index (χ0) is 11.6. The standard InChI is InChI=1S/C10H9Cl2FO2/c1-2-10(13,9(14)15)6-4-3-5-7(11)8(6)12/h3-5H,2H2,1H3,(H,14,15). The molecule has 15 heavy (non-hydrogen) atoms. The van der Waals surface area contributed by atoms with Crippen molar-refractivity contribution >= 4 is 29.2 Å². The molecular weight excluding hydrogens is 242 g/mol. The predicted molar refractivity (Wildman–Crippen MR) is 57.2 cm³/mol. The summed E-state index contributed by atoms with van der Waals surface area (Å²) < 4.78 is 14.1. The van der Waals surface area contributed by atoms with Gasteiger partial charge in [0.05, 0.1) is 10.0 Å². The van der Waals surface area contributed by atoms with Crippen LogP contribution in [0.2, 0.25) is 10.0 Å². The molecular formula is C10H9Cl2FO2. The van der Waals surface area contributed by atoms with E-state index < -0.39 is 11.6 Å². The molecule has 0 saturated carbocycles. The third kappa shape index (κ3) is 2.08. The lowest BCUT2D eigenvalue weighted by Gasteiger charge is -2.20. The van der Waals surface area contributed by atoms with Crippen molar-refractivity contribution in [1.82, 2.24) is 0 Å². The summed E-state index contributed by atoms with van der Waals surface area (Å²) in [6.07, 6.45) is -0.206. The van der Waals surface area contributed by atoms with Gasteiger partial charge in [0.2, 0.25) is 5.67 Å². The van der Waals surface area contributed by atoms with Crippen molar-refractivity contribution in [2.75, 3.05) is 0 Å². The Morgan fingerprint density at radius 2 is 2.13 bits per heavy atom. The van der Waals surface area contributed by atoms with Crippen LogP contribution >= 0.6 is 23.2 Å². The van der Waals surface area contributed by atoms with Crippen molar-refractivity contribution in [3.63, 3.8) is 0 Å². The van der Waals surface area contributed by atoms with Crippen LogP contribution in [-0.2, 0) is 10.5 Å². The molecule has 2 nitrogen and oxygen atoms in total. The number of benzene rings is 1. The Morgan fingerprint density at radius 3 is 2.60 bits per heavy atom. The molecule has 0 aliphatic heterocycles. The number of rotatable bonds is 3. The van der Waals surface area contributed by atoms with Gasteiger partial charge in [-0.25, -0.2) is 9.18 Å². The molecule has 0 aliphatic carbocycles. The Labute approximate surface area is 96.6 Å². The number of aliphatic carboxylic acids is 1. The molecule has 5 heteroatoms. The Bertz CT molecular complexity index is 395. The van der Waals surface area contributed by atoms with Crippen LogP contribution in [0.5, 0.6) is 0 Å². The smallest absolute Gasteiger partial charge is 0.346 e. The summed E-state index contributed by atoms with van der Waals surface area (Å²) in [4.78, 5) is 10.8. The van der Waals surface area contributed by atoms with Crippen LogP contribution in [0.1, 0.15) is 18.9 Å². The van der Waals surface area contributed by atoms with E-state index in [-0.39, 0.29) is 22.0 Å². The quantitative estimate of drug-likeness (QED) is 0.890. The number of halogens is 3. The highest BCUT2D eigenvalue weighted by Gasteiger charge is 2.40. The lowest BCUT2D eigenvalue weighted by molar-refractivity contribution is -0.151. The van der Waals surface area contributed by atoms with Crippen molar-refractivity contribution in [2.45, 2.75) is 19.0 Å². The lowest BCUT2D eigenvalue weighted by Crippen LogP contribution is -2.30. The molecule has 0 aliphatic rings. The molecule has 1 aromatic carbocycles. The lowest BCUT2D eigenvalue weighted by atomic mass is 9.93. The van der Waals surface area contributed by atoms with Crippen LogP contribution < -0.4 is 0 Å². The van der Waals surface area contributed by atoms with Gasteiger partial charge in [0, 0.05) is 5.56 Å². The zero-order valence-electron chi connectivity index (χ0n) is 7.93. The summed E-state index contributed by atoms with van der Waals surface area (Å²) in [5.41, 5.74) is -2.59. The molecule has 0 heterocycles. The zero-order valence-corrected chi connectivity index (χ0v) is 9.44. The summed E-state index contributed by atoms with van der Waals surface area (Å²) in [7, 11) is 0. The minimum Gasteiger partial charge on any atom is -0.479 e. The summed E-state index contributed by atoms with van der Waals surface area (Å²) in [6, 6.07) is 4.27. The molecule has 1 rings (SSSR count). The number of hydrogen-bond acceptors (Lipinski definition) is 1. The first-order valence-electron chi connectivity index (χ1n) is 4.30. The molecule has 1 unspecified atom stereocenters. The van der Waals surface area contributed by atoms with Crippen LogP contribution in [0.3, 0.4) is 0 Å². The van der Waals surface area contributed by atoms with Crippen LogP contribution in [0.25, 0.3) is 0 Å². The van der Waals surface area contributed by atoms with Crippen molar-refractivity contribution in [3.05, 3.63) is 33.8 Å². The maximum absolute atomic E-state index is 14.1. The van der Waals surface area contributed by atoms with Crippen molar-refractivity contribution < 1.29 is 14.3 Å². The van der Waals surface area contributed by atoms with Gasteiger partial charge in [0.15, 0.2) is 0 Å². The molecule has 1 N–H and O–H groups in total. The molecule has 82 valence electrons. The van der Waals surface area contributed by atoms with Crippen molar-refractivity contribution in [1.29, 1.82) is 0 Å². The molecule has 1 aromatic rings. The molecule has 0 saturated heterocycles. The Hall–Kier alpha value is -0.800. The summed E-state index contributed by atoms with van der Waals surface area (Å²) >= 11 is 11.5. The summed E-state index contributed by atoms with van der Waals surface area (Å²) in [6.45, 7) is 1.44. The van der Waals surface area contributed by atoms with E-state index in [1.807, 2.05) is 0 Å². The van der Waals surface area contributed by atoms with E-state index in [2.05, 4.69) is 0 Å². The SMILES string of the molecule is CCC(F)(C(=O)O)c1cccc(Cl)c1Cl. The molecule has 0 radical (unpaired) electrons. The average molecular weight is 251 g/mol. The Kier molecular flexibility index (Phi) is 3.58. The van der Waals surface area contributed by atoms with Crippen molar-refractivity contribution in [3.8, 4) is 0 Å². The van der Waals surface area contributed by atoms with Gasteiger partial charge in [-0.15, -0.1) is 0 Å². The summed E-state index contributed by atoms with van der Waals surface area (Å²) in [5, 5.41) is 8.92. The van der Waals surface area contributed by atoms with E-state index in [0.717, 1.165) is 0 Å². The van der Waals surface area contributed by atoms with E-state index in [9.17, 15) is 9.18 Å². The fourth-order valence-electron chi connectivity index (χ4n) is 1.27. The first-order valence-corrected chi connectivity index (χ1v) is 5.06. The topological polar surface area (TPSA) is 37.3 Å². The van der Waals surface area contributed by atoms with Gasteiger partial charge in [-0.05, 0) is 12.5 Å². The largest absolute Gasteiger partial charge is 0.479 e. The van der Waals surface area contributed by atoms with E-state index in [0.29, 0.717) is 0 Å². The third-order valence-corrected chi connectivity index (χ3v) is 3.02. The average Bonchev–Trinajstić information content (AvgIpc) is 2.20. The monoisotopic (exact) mass is 250 g/mol. The Balaban J connectivity index is 3.37. The highest BCUT2D eigenvalue weighted by Crippen LogP contribution is 2.38. The second-order valence-electron chi connectivity index (χ2n) is 3.06. The van der Waals surface area contributed by atoms with Gasteiger partial charge >= 0.3 is 5.97 Å². The van der Waals surface area contributed by atoms with Gasteiger partial charge in [-0.1, -0.05) is 42.3 Å². The van der Waals surface area contributed by atoms with Gasteiger partial charge in [0.1, 0.15) is 0 Å². The molecule has 1 atom stereocenters. The van der Waals surface area contributed by atoms with Crippen molar-refractivity contribution in [2.24, 2.45) is 0 Å². The van der Waals surface area contributed by atoms with Gasteiger partial charge in [-0.2, -0.15) is 0 Å². The van der Waals surface area contributed by atoms with Crippen LogP contribution in [0.4, 0.5) is 4.39 Å². The molecule has 0 amide bonds. The van der Waals surface area contributed by atoms with Crippen LogP contribution in [0, 0.1) is 0 Å². The molecule has 0 fully saturated rings. The maximum Gasteiger partial charge on any atom is 0.346 e. The van der Waals surface area contributed by atoms with Crippen LogP contribution in [0.15, 0.2) is 18.2 Å². The van der Waals surface area contributed by atoms with E-state index >= 15 is 0 Å². The third-order valence-electron chi connectivity index (χ3n) is 2.20. The normalized spacial score (nSPS) is 14.7. The number of alkyl halides is 1. The maximum atomic E-state index is 14.1. The van der Waals surface area contributed by atoms with E-state index in [4.69, 9.17) is 28.3 Å². The number of carboxylic acid groups (broad SMARTS) is 1.